The van der Waals surface area contributed by atoms with E-state index in [1.165, 1.54) is 0 Å². The van der Waals surface area contributed by atoms with Crippen LogP contribution in [0.15, 0.2) is 11.8 Å². The van der Waals surface area contributed by atoms with Gasteiger partial charge in [-0.1, -0.05) is 6.08 Å². The Morgan fingerprint density at radius 3 is 2.30 bits per heavy atom. The summed E-state index contributed by atoms with van der Waals surface area (Å²) in [6.45, 7) is 3.54. The monoisotopic (exact) mass is 141 g/mol. The summed E-state index contributed by atoms with van der Waals surface area (Å²) in [5.74, 6) is -0.817. The molecule has 0 saturated carbocycles. The highest BCUT2D eigenvalue weighted by atomic mass is 16.4. The Kier molecular flexibility index (Phi) is 1.94. The molecular weight excluding hydrogens is 130 g/mol. The van der Waals surface area contributed by atoms with Crippen molar-refractivity contribution in [3.63, 3.8) is 0 Å². The van der Waals surface area contributed by atoms with Crippen molar-refractivity contribution in [1.29, 1.82) is 0 Å². The number of hydrogen-bond donors (Lipinski definition) is 1. The van der Waals surface area contributed by atoms with Gasteiger partial charge < -0.3 is 10.0 Å². The van der Waals surface area contributed by atoms with Crippen molar-refractivity contribution in [1.82, 2.24) is 4.90 Å². The molecule has 0 spiro atoms. The average molecular weight is 141 g/mol. The van der Waals surface area contributed by atoms with E-state index in [-0.39, 0.29) is 0 Å². The van der Waals surface area contributed by atoms with E-state index < -0.39 is 5.97 Å². The third-order valence-corrected chi connectivity index (χ3v) is 1.69. The molecule has 0 radical (unpaired) electrons. The molecular formula is C7H11NO2. The van der Waals surface area contributed by atoms with Gasteiger partial charge in [0.15, 0.2) is 0 Å². The topological polar surface area (TPSA) is 40.5 Å². The van der Waals surface area contributed by atoms with Crippen molar-refractivity contribution in [2.75, 3.05) is 13.1 Å². The highest BCUT2D eigenvalue weighted by Gasteiger charge is 2.20. The first kappa shape index (κ1) is 7.12. The second kappa shape index (κ2) is 2.73. The molecule has 1 heterocycles. The van der Waals surface area contributed by atoms with Crippen molar-refractivity contribution < 1.29 is 9.90 Å². The van der Waals surface area contributed by atoms with E-state index >= 15 is 0 Å². The Morgan fingerprint density at radius 2 is 2.20 bits per heavy atom. The van der Waals surface area contributed by atoms with Gasteiger partial charge in [-0.2, -0.15) is 0 Å². The number of carbonyl (C=O) groups is 1. The molecule has 56 valence electrons. The van der Waals surface area contributed by atoms with Crippen molar-refractivity contribution in [2.24, 2.45) is 0 Å². The van der Waals surface area contributed by atoms with Gasteiger partial charge in [-0.3, -0.25) is 0 Å². The third kappa shape index (κ3) is 1.12. The Hall–Kier alpha value is -0.990. The minimum absolute atomic E-state index is 0.436. The van der Waals surface area contributed by atoms with Crippen LogP contribution in [0.25, 0.3) is 0 Å². The number of hydrogen-bond acceptors (Lipinski definition) is 2. The molecule has 0 aromatic heterocycles. The molecule has 0 bridgehead atoms. The van der Waals surface area contributed by atoms with Gasteiger partial charge in [0.1, 0.15) is 5.70 Å². The first-order chi connectivity index (χ1) is 4.75. The molecule has 1 saturated heterocycles. The van der Waals surface area contributed by atoms with E-state index in [1.54, 1.807) is 13.0 Å². The van der Waals surface area contributed by atoms with Gasteiger partial charge in [0.05, 0.1) is 0 Å². The number of carboxylic acid groups (broad SMARTS) is 1. The lowest BCUT2D eigenvalue weighted by atomic mass is 10.2. The maximum Gasteiger partial charge on any atom is 0.351 e. The first-order valence-corrected chi connectivity index (χ1v) is 3.40. The van der Waals surface area contributed by atoms with Crippen LogP contribution in [0.5, 0.6) is 0 Å². The third-order valence-electron chi connectivity index (χ3n) is 1.69. The predicted octanol–water partition coefficient (Wildman–Crippen LogP) is 0.680. The lowest BCUT2D eigenvalue weighted by molar-refractivity contribution is -0.135. The Balaban J connectivity index is 2.56. The number of allylic oxidation sites excluding steroid dienone is 1. The van der Waals surface area contributed by atoms with Crippen LogP contribution in [0.3, 0.4) is 0 Å². The number of likely N-dealkylation sites (tertiary alicyclic amines) is 1. The largest absolute Gasteiger partial charge is 0.477 e. The molecule has 1 N–H and O–H groups in total. The Morgan fingerprint density at radius 1 is 1.60 bits per heavy atom. The fourth-order valence-electron chi connectivity index (χ4n) is 0.998. The standard InChI is InChI=1S/C7H11NO2/c1-2-6(7(9)10)8-4-3-5-8/h2H,3-5H2,1H3,(H,9,10)/b6-2-. The van der Waals surface area contributed by atoms with E-state index in [9.17, 15) is 4.79 Å². The summed E-state index contributed by atoms with van der Waals surface area (Å²) in [6.07, 6.45) is 2.76. The van der Waals surface area contributed by atoms with Gasteiger partial charge in [0.25, 0.3) is 0 Å². The molecule has 0 atom stereocenters. The number of carboxylic acids is 1. The van der Waals surface area contributed by atoms with Crippen LogP contribution in [0.2, 0.25) is 0 Å². The van der Waals surface area contributed by atoms with Crippen LogP contribution in [0.1, 0.15) is 13.3 Å². The SMILES string of the molecule is C/C=C(/C(=O)O)N1CCC1. The lowest BCUT2D eigenvalue weighted by Crippen LogP contribution is -2.38. The van der Waals surface area contributed by atoms with Crippen molar-refractivity contribution >= 4 is 5.97 Å². The number of aliphatic carboxylic acids is 1. The molecule has 1 fully saturated rings. The van der Waals surface area contributed by atoms with Gasteiger partial charge in [-0.25, -0.2) is 4.79 Å². The minimum Gasteiger partial charge on any atom is -0.477 e. The summed E-state index contributed by atoms with van der Waals surface area (Å²) in [7, 11) is 0. The minimum atomic E-state index is -0.817. The zero-order chi connectivity index (χ0) is 7.56. The van der Waals surface area contributed by atoms with E-state index in [0.29, 0.717) is 5.70 Å². The summed E-state index contributed by atoms with van der Waals surface area (Å²) >= 11 is 0. The molecule has 1 aliphatic heterocycles. The van der Waals surface area contributed by atoms with Crippen LogP contribution < -0.4 is 0 Å². The molecule has 0 unspecified atom stereocenters. The number of nitrogens with zero attached hydrogens (tertiary/aromatic N) is 1. The number of rotatable bonds is 2. The van der Waals surface area contributed by atoms with Gasteiger partial charge in [0, 0.05) is 13.1 Å². The second-order valence-corrected chi connectivity index (χ2v) is 2.32. The van der Waals surface area contributed by atoms with Gasteiger partial charge in [-0.15, -0.1) is 0 Å². The molecule has 10 heavy (non-hydrogen) atoms. The zero-order valence-corrected chi connectivity index (χ0v) is 6.00. The van der Waals surface area contributed by atoms with Crippen molar-refractivity contribution in [3.8, 4) is 0 Å². The maximum absolute atomic E-state index is 10.5. The fourth-order valence-corrected chi connectivity index (χ4v) is 0.998. The van der Waals surface area contributed by atoms with Crippen LogP contribution in [-0.4, -0.2) is 29.1 Å². The molecule has 3 heteroatoms. The van der Waals surface area contributed by atoms with Crippen LogP contribution in [0.4, 0.5) is 0 Å². The smallest absolute Gasteiger partial charge is 0.351 e. The molecule has 0 aliphatic carbocycles. The van der Waals surface area contributed by atoms with Crippen molar-refractivity contribution in [3.05, 3.63) is 11.8 Å². The van der Waals surface area contributed by atoms with Crippen LogP contribution in [0, 0.1) is 0 Å². The van der Waals surface area contributed by atoms with E-state index in [0.717, 1.165) is 19.5 Å². The Labute approximate surface area is 59.9 Å². The Bertz CT molecular complexity index is 170. The predicted molar refractivity (Wildman–Crippen MR) is 37.6 cm³/mol. The van der Waals surface area contributed by atoms with Gasteiger partial charge in [0.2, 0.25) is 0 Å². The summed E-state index contributed by atoms with van der Waals surface area (Å²) < 4.78 is 0. The zero-order valence-electron chi connectivity index (χ0n) is 6.00. The lowest BCUT2D eigenvalue weighted by Gasteiger charge is -2.32. The summed E-state index contributed by atoms with van der Waals surface area (Å²) in [5.41, 5.74) is 0.436. The summed E-state index contributed by atoms with van der Waals surface area (Å²) in [4.78, 5) is 12.3. The first-order valence-electron chi connectivity index (χ1n) is 3.40. The quantitative estimate of drug-likeness (QED) is 0.575. The second-order valence-electron chi connectivity index (χ2n) is 2.32. The molecule has 0 amide bonds. The van der Waals surface area contributed by atoms with Gasteiger partial charge in [-0.05, 0) is 13.3 Å². The highest BCUT2D eigenvalue weighted by molar-refractivity contribution is 5.85. The van der Waals surface area contributed by atoms with E-state index in [1.807, 2.05) is 4.90 Å². The van der Waals surface area contributed by atoms with Crippen molar-refractivity contribution in [2.45, 2.75) is 13.3 Å². The molecule has 1 rings (SSSR count). The fraction of sp³-hybridized carbons (Fsp3) is 0.571. The molecule has 3 nitrogen and oxygen atoms in total. The highest BCUT2D eigenvalue weighted by Crippen LogP contribution is 2.13. The normalized spacial score (nSPS) is 18.5. The van der Waals surface area contributed by atoms with Crippen LogP contribution in [-0.2, 0) is 4.79 Å². The van der Waals surface area contributed by atoms with Gasteiger partial charge >= 0.3 is 5.97 Å². The van der Waals surface area contributed by atoms with E-state index in [4.69, 9.17) is 5.11 Å². The maximum atomic E-state index is 10.5. The molecule has 0 aromatic rings. The summed E-state index contributed by atoms with van der Waals surface area (Å²) in [5, 5.41) is 8.60. The van der Waals surface area contributed by atoms with Crippen LogP contribution >= 0.6 is 0 Å². The average Bonchev–Trinajstić information content (AvgIpc) is 1.76. The van der Waals surface area contributed by atoms with E-state index in [2.05, 4.69) is 0 Å². The molecule has 0 aromatic carbocycles. The molecule has 1 aliphatic rings. The summed E-state index contributed by atoms with van der Waals surface area (Å²) in [6, 6.07) is 0.